The first-order chi connectivity index (χ1) is 17.4. The van der Waals surface area contributed by atoms with Crippen LogP contribution in [-0.4, -0.2) is 62.6 Å². The SMILES string of the molecule is N#Cc1c(-c2ncc(S(N)(=O)=O)c(C(CF)CF)n2)n(C2CCC2)c2cc(N3CCOCC3)ccc12. The van der Waals surface area contributed by atoms with Crippen LogP contribution in [0.5, 0.6) is 0 Å². The van der Waals surface area contributed by atoms with Gasteiger partial charge >= 0.3 is 0 Å². The summed E-state index contributed by atoms with van der Waals surface area (Å²) in [4.78, 5) is 10.2. The number of benzene rings is 1. The maximum absolute atomic E-state index is 13.6. The molecule has 3 heterocycles. The lowest BCUT2D eigenvalue weighted by atomic mass is 9.92. The van der Waals surface area contributed by atoms with Gasteiger partial charge < -0.3 is 14.2 Å². The second kappa shape index (κ2) is 9.72. The number of nitrogens with two attached hydrogens (primary N) is 1. The van der Waals surface area contributed by atoms with Crippen LogP contribution in [0, 0.1) is 11.3 Å². The number of aromatic nitrogens is 3. The number of hydrogen-bond acceptors (Lipinski definition) is 7. The molecule has 0 spiro atoms. The van der Waals surface area contributed by atoms with E-state index in [0.29, 0.717) is 29.9 Å². The van der Waals surface area contributed by atoms with Gasteiger partial charge in [0.15, 0.2) is 5.82 Å². The molecular weight excluding hydrogens is 490 g/mol. The van der Waals surface area contributed by atoms with E-state index in [-0.39, 0.29) is 17.6 Å². The minimum Gasteiger partial charge on any atom is -0.378 e. The average molecular weight is 517 g/mol. The van der Waals surface area contributed by atoms with Gasteiger partial charge in [0.1, 0.15) is 30.0 Å². The zero-order chi connectivity index (χ0) is 25.4. The van der Waals surface area contributed by atoms with Gasteiger partial charge in [0.2, 0.25) is 10.0 Å². The second-order valence-corrected chi connectivity index (χ2v) is 10.6. The van der Waals surface area contributed by atoms with Crippen molar-refractivity contribution in [1.82, 2.24) is 14.5 Å². The molecule has 0 atom stereocenters. The fraction of sp³-hybridized carbons (Fsp3) is 0.458. The van der Waals surface area contributed by atoms with E-state index in [2.05, 4.69) is 20.9 Å². The van der Waals surface area contributed by atoms with Gasteiger partial charge in [-0.2, -0.15) is 5.26 Å². The fourth-order valence-electron chi connectivity index (χ4n) is 4.87. The highest BCUT2D eigenvalue weighted by molar-refractivity contribution is 7.89. The van der Waals surface area contributed by atoms with Crippen LogP contribution in [0.25, 0.3) is 22.4 Å². The Morgan fingerprint density at radius 2 is 1.94 bits per heavy atom. The molecule has 0 bridgehead atoms. The summed E-state index contributed by atoms with van der Waals surface area (Å²) in [5.41, 5.74) is 2.26. The largest absolute Gasteiger partial charge is 0.378 e. The van der Waals surface area contributed by atoms with Crippen LogP contribution < -0.4 is 10.0 Å². The average Bonchev–Trinajstić information content (AvgIpc) is 3.17. The Labute approximate surface area is 207 Å². The van der Waals surface area contributed by atoms with Crippen molar-refractivity contribution in [2.24, 2.45) is 5.14 Å². The van der Waals surface area contributed by atoms with Gasteiger partial charge in [0.05, 0.1) is 42.1 Å². The summed E-state index contributed by atoms with van der Waals surface area (Å²) in [6.45, 7) is 0.456. The Morgan fingerprint density at radius 1 is 1.22 bits per heavy atom. The van der Waals surface area contributed by atoms with E-state index in [9.17, 15) is 22.5 Å². The minimum atomic E-state index is -4.32. The molecule has 5 rings (SSSR count). The topological polar surface area (TPSA) is 127 Å². The number of hydrogen-bond donors (Lipinski definition) is 1. The van der Waals surface area contributed by atoms with Crippen molar-refractivity contribution >= 4 is 26.6 Å². The molecule has 9 nitrogen and oxygen atoms in total. The lowest BCUT2D eigenvalue weighted by Gasteiger charge is -2.31. The first-order valence-electron chi connectivity index (χ1n) is 11.8. The van der Waals surface area contributed by atoms with Gasteiger partial charge in [0, 0.05) is 30.2 Å². The molecule has 2 aliphatic rings. The molecule has 2 fully saturated rings. The van der Waals surface area contributed by atoms with Crippen molar-refractivity contribution in [1.29, 1.82) is 5.26 Å². The molecule has 1 aromatic carbocycles. The summed E-state index contributed by atoms with van der Waals surface area (Å²) < 4.78 is 59.0. The summed E-state index contributed by atoms with van der Waals surface area (Å²) in [5.74, 6) is -1.38. The van der Waals surface area contributed by atoms with Crippen molar-refractivity contribution in [2.45, 2.75) is 36.1 Å². The van der Waals surface area contributed by atoms with Gasteiger partial charge in [-0.25, -0.2) is 23.5 Å². The lowest BCUT2D eigenvalue weighted by molar-refractivity contribution is 0.122. The predicted molar refractivity (Wildman–Crippen MR) is 130 cm³/mol. The number of morpholine rings is 1. The van der Waals surface area contributed by atoms with E-state index >= 15 is 0 Å². The number of sulfonamides is 1. The molecule has 12 heteroatoms. The normalized spacial score (nSPS) is 16.9. The van der Waals surface area contributed by atoms with E-state index < -0.39 is 34.2 Å². The summed E-state index contributed by atoms with van der Waals surface area (Å²) >= 11 is 0. The Bertz CT molecular complexity index is 1440. The van der Waals surface area contributed by atoms with Crippen molar-refractivity contribution in [2.75, 3.05) is 44.6 Å². The summed E-state index contributed by atoms with van der Waals surface area (Å²) in [7, 11) is -4.32. The monoisotopic (exact) mass is 516 g/mol. The van der Waals surface area contributed by atoms with E-state index in [1.165, 1.54) is 0 Å². The van der Waals surface area contributed by atoms with Gasteiger partial charge in [-0.05, 0) is 37.5 Å². The second-order valence-electron chi connectivity index (χ2n) is 9.08. The van der Waals surface area contributed by atoms with E-state index in [0.717, 1.165) is 49.8 Å². The molecule has 1 aliphatic carbocycles. The number of anilines is 1. The smallest absolute Gasteiger partial charge is 0.241 e. The maximum Gasteiger partial charge on any atom is 0.241 e. The van der Waals surface area contributed by atoms with E-state index in [1.807, 2.05) is 22.8 Å². The number of fused-ring (bicyclic) bond motifs is 1. The highest BCUT2D eigenvalue weighted by Gasteiger charge is 2.31. The summed E-state index contributed by atoms with van der Waals surface area (Å²) in [6.07, 6.45) is 3.79. The Morgan fingerprint density at radius 3 is 2.53 bits per heavy atom. The number of nitrogens with zero attached hydrogens (tertiary/aromatic N) is 5. The third-order valence-electron chi connectivity index (χ3n) is 6.98. The molecule has 0 radical (unpaired) electrons. The number of rotatable bonds is 7. The first kappa shape index (κ1) is 24.5. The van der Waals surface area contributed by atoms with Crippen LogP contribution in [-0.2, 0) is 14.8 Å². The number of nitriles is 1. The van der Waals surface area contributed by atoms with Gasteiger partial charge in [-0.15, -0.1) is 0 Å². The van der Waals surface area contributed by atoms with Gasteiger partial charge in [0.25, 0.3) is 0 Å². The first-order valence-corrected chi connectivity index (χ1v) is 13.3. The molecule has 3 aromatic rings. The molecule has 1 aliphatic heterocycles. The highest BCUT2D eigenvalue weighted by Crippen LogP contribution is 2.43. The molecule has 0 unspecified atom stereocenters. The van der Waals surface area contributed by atoms with Crippen molar-refractivity contribution < 1.29 is 21.9 Å². The van der Waals surface area contributed by atoms with Crippen molar-refractivity contribution in [3.8, 4) is 17.6 Å². The molecule has 1 saturated carbocycles. The van der Waals surface area contributed by atoms with Crippen LogP contribution >= 0.6 is 0 Å². The quantitative estimate of drug-likeness (QED) is 0.511. The van der Waals surface area contributed by atoms with Crippen LogP contribution in [0.4, 0.5) is 14.5 Å². The molecule has 0 amide bonds. The molecule has 190 valence electrons. The fourth-order valence-corrected chi connectivity index (χ4v) is 5.57. The Balaban J connectivity index is 1.75. The Kier molecular flexibility index (Phi) is 6.63. The van der Waals surface area contributed by atoms with E-state index in [1.54, 1.807) is 0 Å². The third kappa shape index (κ3) is 4.21. The molecular formula is C24H26F2N6O3S. The third-order valence-corrected chi connectivity index (χ3v) is 7.90. The molecule has 2 N–H and O–H groups in total. The molecule has 36 heavy (non-hydrogen) atoms. The van der Waals surface area contributed by atoms with Crippen LogP contribution in [0.15, 0.2) is 29.3 Å². The van der Waals surface area contributed by atoms with Crippen LogP contribution in [0.3, 0.4) is 0 Å². The van der Waals surface area contributed by atoms with E-state index in [4.69, 9.17) is 9.88 Å². The number of primary sulfonamides is 1. The van der Waals surface area contributed by atoms with Crippen LogP contribution in [0.2, 0.25) is 0 Å². The van der Waals surface area contributed by atoms with Gasteiger partial charge in [-0.3, -0.25) is 8.78 Å². The molecule has 1 saturated heterocycles. The number of ether oxygens (including phenoxy) is 1. The number of halogens is 2. The van der Waals surface area contributed by atoms with Crippen LogP contribution in [0.1, 0.15) is 42.5 Å². The zero-order valence-electron chi connectivity index (χ0n) is 19.5. The number of alkyl halides is 2. The summed E-state index contributed by atoms with van der Waals surface area (Å²) in [5, 5.41) is 16.2. The minimum absolute atomic E-state index is 0.0388. The standard InChI is InChI=1S/C24H26F2N6O3S/c25-11-15(12-26)22-21(36(28,33)34)14-29-24(30-22)23-19(13-27)18-5-4-17(31-6-8-35-9-7-31)10-20(18)32(23)16-2-1-3-16/h4-5,10,14-16H,1-3,6-9,11-12H2,(H2,28,33,34). The van der Waals surface area contributed by atoms with Crippen molar-refractivity contribution in [3.63, 3.8) is 0 Å². The Hall–Kier alpha value is -3.14. The summed E-state index contributed by atoms with van der Waals surface area (Å²) in [6, 6.07) is 8.23. The lowest BCUT2D eigenvalue weighted by Crippen LogP contribution is -2.36. The molecule has 2 aromatic heterocycles. The van der Waals surface area contributed by atoms with Gasteiger partial charge in [-0.1, -0.05) is 0 Å². The zero-order valence-corrected chi connectivity index (χ0v) is 20.3. The maximum atomic E-state index is 13.6. The highest BCUT2D eigenvalue weighted by atomic mass is 32.2. The predicted octanol–water partition coefficient (Wildman–Crippen LogP) is 3.20. The van der Waals surface area contributed by atoms with Crippen molar-refractivity contribution in [3.05, 3.63) is 35.7 Å².